The van der Waals surface area contributed by atoms with Gasteiger partial charge in [0.1, 0.15) is 0 Å². The number of sulfonamides is 1. The Labute approximate surface area is 167 Å². The SMILES string of the molecule is C=CCN(Cc1ccccc1)C(=O)c1cccc(S(=O)(=O)N2CCCCC2)c1. The molecule has 5 nitrogen and oxygen atoms in total. The van der Waals surface area contributed by atoms with Crippen molar-refractivity contribution in [1.29, 1.82) is 0 Å². The van der Waals surface area contributed by atoms with Crippen LogP contribution >= 0.6 is 0 Å². The van der Waals surface area contributed by atoms with Crippen LogP contribution in [0.25, 0.3) is 0 Å². The smallest absolute Gasteiger partial charge is 0.254 e. The molecule has 1 aliphatic rings. The van der Waals surface area contributed by atoms with Crippen molar-refractivity contribution in [3.8, 4) is 0 Å². The molecule has 6 heteroatoms. The van der Waals surface area contributed by atoms with Crippen LogP contribution in [0.2, 0.25) is 0 Å². The van der Waals surface area contributed by atoms with E-state index in [9.17, 15) is 13.2 Å². The van der Waals surface area contributed by atoms with Crippen molar-refractivity contribution in [2.75, 3.05) is 19.6 Å². The van der Waals surface area contributed by atoms with E-state index in [1.54, 1.807) is 29.2 Å². The minimum atomic E-state index is -3.57. The minimum absolute atomic E-state index is 0.179. The third kappa shape index (κ3) is 4.69. The van der Waals surface area contributed by atoms with Crippen LogP contribution < -0.4 is 0 Å². The van der Waals surface area contributed by atoms with E-state index in [2.05, 4.69) is 6.58 Å². The third-order valence-corrected chi connectivity index (χ3v) is 6.78. The van der Waals surface area contributed by atoms with Gasteiger partial charge < -0.3 is 4.90 Å². The van der Waals surface area contributed by atoms with Crippen LogP contribution in [0.5, 0.6) is 0 Å². The molecular formula is C22H26N2O3S. The van der Waals surface area contributed by atoms with Gasteiger partial charge in [-0.1, -0.05) is 48.9 Å². The fourth-order valence-corrected chi connectivity index (χ4v) is 4.97. The lowest BCUT2D eigenvalue weighted by Crippen LogP contribution is -2.36. The molecule has 0 spiro atoms. The molecule has 1 saturated heterocycles. The molecule has 0 atom stereocenters. The quantitative estimate of drug-likeness (QED) is 0.669. The number of carbonyl (C=O) groups is 1. The fraction of sp³-hybridized carbons (Fsp3) is 0.318. The molecule has 1 aliphatic heterocycles. The van der Waals surface area contributed by atoms with Crippen molar-refractivity contribution in [2.24, 2.45) is 0 Å². The Kier molecular flexibility index (Phi) is 6.65. The highest BCUT2D eigenvalue weighted by molar-refractivity contribution is 7.89. The number of carbonyl (C=O) groups excluding carboxylic acids is 1. The van der Waals surface area contributed by atoms with Gasteiger partial charge in [-0.15, -0.1) is 6.58 Å². The summed E-state index contributed by atoms with van der Waals surface area (Å²) >= 11 is 0. The summed E-state index contributed by atoms with van der Waals surface area (Å²) in [5.41, 5.74) is 1.38. The Balaban J connectivity index is 1.84. The standard InChI is InChI=1S/C22H26N2O3S/c1-2-14-23(18-19-10-5-3-6-11-19)22(25)20-12-9-13-21(17-20)28(26,27)24-15-7-4-8-16-24/h2-3,5-6,9-13,17H,1,4,7-8,14-16,18H2. The van der Waals surface area contributed by atoms with Crippen molar-refractivity contribution in [3.05, 3.63) is 78.4 Å². The molecule has 0 saturated carbocycles. The average molecular weight is 399 g/mol. The van der Waals surface area contributed by atoms with Crippen LogP contribution in [0.4, 0.5) is 0 Å². The van der Waals surface area contributed by atoms with E-state index in [1.165, 1.54) is 10.4 Å². The molecule has 0 unspecified atom stereocenters. The molecule has 1 heterocycles. The molecule has 0 aromatic heterocycles. The summed E-state index contributed by atoms with van der Waals surface area (Å²) in [5.74, 6) is -0.209. The zero-order valence-corrected chi connectivity index (χ0v) is 16.8. The topological polar surface area (TPSA) is 57.7 Å². The van der Waals surface area contributed by atoms with Crippen LogP contribution in [0, 0.1) is 0 Å². The minimum Gasteiger partial charge on any atom is -0.331 e. The maximum Gasteiger partial charge on any atom is 0.254 e. The Hall–Kier alpha value is -2.44. The largest absolute Gasteiger partial charge is 0.331 e. The summed E-state index contributed by atoms with van der Waals surface area (Å²) in [5, 5.41) is 0. The molecule has 0 radical (unpaired) electrons. The second-order valence-electron chi connectivity index (χ2n) is 6.95. The summed E-state index contributed by atoms with van der Waals surface area (Å²) in [6.07, 6.45) is 4.49. The van der Waals surface area contributed by atoms with E-state index in [0.29, 0.717) is 31.7 Å². The second-order valence-corrected chi connectivity index (χ2v) is 8.89. The van der Waals surface area contributed by atoms with Crippen LogP contribution in [0.15, 0.2) is 72.1 Å². The normalized spacial score (nSPS) is 15.1. The van der Waals surface area contributed by atoms with Crippen molar-refractivity contribution in [3.63, 3.8) is 0 Å². The van der Waals surface area contributed by atoms with Gasteiger partial charge >= 0.3 is 0 Å². The molecule has 28 heavy (non-hydrogen) atoms. The number of piperidine rings is 1. The first-order valence-corrected chi connectivity index (χ1v) is 11.0. The molecule has 148 valence electrons. The van der Waals surface area contributed by atoms with Crippen molar-refractivity contribution < 1.29 is 13.2 Å². The first-order valence-electron chi connectivity index (χ1n) is 9.56. The zero-order valence-electron chi connectivity index (χ0n) is 16.0. The van der Waals surface area contributed by atoms with E-state index in [-0.39, 0.29) is 10.8 Å². The molecule has 1 amide bonds. The van der Waals surface area contributed by atoms with Gasteiger partial charge in [0.05, 0.1) is 4.90 Å². The Morgan fingerprint density at radius 2 is 1.75 bits per heavy atom. The third-order valence-electron chi connectivity index (χ3n) is 4.89. The highest BCUT2D eigenvalue weighted by Gasteiger charge is 2.27. The van der Waals surface area contributed by atoms with Gasteiger partial charge in [-0.2, -0.15) is 4.31 Å². The zero-order chi connectivity index (χ0) is 20.0. The lowest BCUT2D eigenvalue weighted by molar-refractivity contribution is 0.0762. The monoisotopic (exact) mass is 398 g/mol. The number of hydrogen-bond donors (Lipinski definition) is 0. The Bertz CT molecular complexity index is 920. The van der Waals surface area contributed by atoms with Crippen molar-refractivity contribution >= 4 is 15.9 Å². The van der Waals surface area contributed by atoms with E-state index in [4.69, 9.17) is 0 Å². The van der Waals surface area contributed by atoms with Crippen LogP contribution in [0.1, 0.15) is 35.2 Å². The summed E-state index contributed by atoms with van der Waals surface area (Å²) in [7, 11) is -3.57. The van der Waals surface area contributed by atoms with Crippen LogP contribution in [-0.4, -0.2) is 43.2 Å². The van der Waals surface area contributed by atoms with Gasteiger partial charge in [0, 0.05) is 31.7 Å². The molecule has 3 rings (SSSR count). The second kappa shape index (κ2) is 9.17. The van der Waals surface area contributed by atoms with E-state index in [1.807, 2.05) is 30.3 Å². The number of benzene rings is 2. The van der Waals surface area contributed by atoms with E-state index < -0.39 is 10.0 Å². The summed E-state index contributed by atoms with van der Waals surface area (Å²) in [6.45, 7) is 5.64. The molecule has 2 aromatic rings. The molecule has 2 aromatic carbocycles. The molecule has 1 fully saturated rings. The van der Waals surface area contributed by atoms with Gasteiger partial charge in [-0.25, -0.2) is 8.42 Å². The van der Waals surface area contributed by atoms with Gasteiger partial charge in [0.15, 0.2) is 0 Å². The Morgan fingerprint density at radius 3 is 2.43 bits per heavy atom. The first-order chi connectivity index (χ1) is 13.5. The maximum absolute atomic E-state index is 13.1. The Morgan fingerprint density at radius 1 is 1.04 bits per heavy atom. The highest BCUT2D eigenvalue weighted by atomic mass is 32.2. The average Bonchev–Trinajstić information content (AvgIpc) is 2.74. The lowest BCUT2D eigenvalue weighted by atomic mass is 10.1. The van der Waals surface area contributed by atoms with Gasteiger partial charge in [-0.3, -0.25) is 4.79 Å². The van der Waals surface area contributed by atoms with Gasteiger partial charge in [0.25, 0.3) is 5.91 Å². The van der Waals surface area contributed by atoms with E-state index >= 15 is 0 Å². The molecule has 0 N–H and O–H groups in total. The summed E-state index contributed by atoms with van der Waals surface area (Å²) < 4.78 is 27.4. The highest BCUT2D eigenvalue weighted by Crippen LogP contribution is 2.22. The summed E-state index contributed by atoms with van der Waals surface area (Å²) in [6, 6.07) is 16.1. The molecular weight excluding hydrogens is 372 g/mol. The van der Waals surface area contributed by atoms with Crippen molar-refractivity contribution in [2.45, 2.75) is 30.7 Å². The van der Waals surface area contributed by atoms with Crippen molar-refractivity contribution in [1.82, 2.24) is 9.21 Å². The van der Waals surface area contributed by atoms with Gasteiger partial charge in [0.2, 0.25) is 10.0 Å². The fourth-order valence-electron chi connectivity index (χ4n) is 3.41. The molecule has 0 bridgehead atoms. The first kappa shape index (κ1) is 20.3. The predicted octanol–water partition coefficient (Wildman–Crippen LogP) is 3.69. The molecule has 0 aliphatic carbocycles. The van der Waals surface area contributed by atoms with Crippen LogP contribution in [0.3, 0.4) is 0 Å². The number of amides is 1. The predicted molar refractivity (Wildman–Crippen MR) is 110 cm³/mol. The lowest BCUT2D eigenvalue weighted by Gasteiger charge is -2.26. The van der Waals surface area contributed by atoms with Gasteiger partial charge in [-0.05, 0) is 36.6 Å². The van der Waals surface area contributed by atoms with Crippen LogP contribution in [-0.2, 0) is 16.6 Å². The maximum atomic E-state index is 13.1. The number of rotatable bonds is 7. The van der Waals surface area contributed by atoms with E-state index in [0.717, 1.165) is 24.8 Å². The number of nitrogens with zero attached hydrogens (tertiary/aromatic N) is 2. The summed E-state index contributed by atoms with van der Waals surface area (Å²) in [4.78, 5) is 14.9. The number of hydrogen-bond acceptors (Lipinski definition) is 3.